The third kappa shape index (κ3) is 3.34. The van der Waals surface area contributed by atoms with Gasteiger partial charge in [-0.1, -0.05) is 17.7 Å². The zero-order valence-corrected chi connectivity index (χ0v) is 14.3. The number of anilines is 2. The Labute approximate surface area is 136 Å². The first-order valence-corrected chi connectivity index (χ1v) is 8.72. The summed E-state index contributed by atoms with van der Waals surface area (Å²) in [6, 6.07) is 8.83. The van der Waals surface area contributed by atoms with Gasteiger partial charge in [0.05, 0.1) is 10.6 Å². The Bertz CT molecular complexity index is 677. The van der Waals surface area contributed by atoms with Crippen molar-refractivity contribution in [1.82, 2.24) is 0 Å². The highest BCUT2D eigenvalue weighted by Crippen LogP contribution is 2.40. The van der Waals surface area contributed by atoms with Crippen LogP contribution in [0.25, 0.3) is 0 Å². The van der Waals surface area contributed by atoms with E-state index in [9.17, 15) is 9.90 Å². The average Bonchev–Trinajstić information content (AvgIpc) is 2.74. The molecule has 2 rings (SSSR count). The Balaban J connectivity index is 2.51. The third-order valence-electron chi connectivity index (χ3n) is 3.11. The maximum atomic E-state index is 11.6. The van der Waals surface area contributed by atoms with Crippen LogP contribution in [-0.4, -0.2) is 11.2 Å². The highest BCUT2D eigenvalue weighted by atomic mass is 35.5. The Morgan fingerprint density at radius 2 is 2.00 bits per heavy atom. The summed E-state index contributed by atoms with van der Waals surface area (Å²) in [6.07, 6.45) is 0.946. The van der Waals surface area contributed by atoms with Crippen molar-refractivity contribution < 1.29 is 9.90 Å². The van der Waals surface area contributed by atoms with E-state index in [1.54, 1.807) is 18.2 Å². The van der Waals surface area contributed by atoms with Gasteiger partial charge in [0, 0.05) is 11.1 Å². The number of hydrogen-bond acceptors (Lipinski definition) is 1. The van der Waals surface area contributed by atoms with Crippen molar-refractivity contribution in [3.05, 3.63) is 46.3 Å². The zero-order chi connectivity index (χ0) is 15.8. The normalized spacial score (nSPS) is 12.3. The first-order valence-electron chi connectivity index (χ1n) is 6.27. The molecule has 0 aliphatic rings. The molecule has 0 fully saturated rings. The maximum absolute atomic E-state index is 11.6. The number of aryl methyl sites for hydroxylation is 1. The molecule has 1 aromatic heterocycles. The van der Waals surface area contributed by atoms with Crippen LogP contribution in [0.3, 0.4) is 0 Å². The minimum Gasteiger partial charge on any atom is -0.464 e. The molecule has 0 saturated heterocycles. The Kier molecular flexibility index (Phi) is 4.51. The molecule has 3 nitrogen and oxygen atoms in total. The van der Waals surface area contributed by atoms with Crippen LogP contribution >= 0.6 is 33.7 Å². The number of carboxylic acid groups (broad SMARTS) is 1. The number of amides is 1. The summed E-state index contributed by atoms with van der Waals surface area (Å²) in [5.41, 5.74) is 1.29. The SMILES string of the molecule is C[s+]1cccc1N(C(=O)O)c1ccc(C(C)(C)Cl)c(Cl)c1. The maximum Gasteiger partial charge on any atom is 0.420 e. The van der Waals surface area contributed by atoms with E-state index >= 15 is 0 Å². The van der Waals surface area contributed by atoms with E-state index < -0.39 is 11.0 Å². The van der Waals surface area contributed by atoms with Gasteiger partial charge in [-0.2, -0.15) is 0 Å². The molecule has 0 aliphatic heterocycles. The van der Waals surface area contributed by atoms with E-state index in [1.807, 2.05) is 37.6 Å². The topological polar surface area (TPSA) is 40.5 Å². The molecular formula is C15H16Cl2NO2S+. The molecule has 0 spiro atoms. The number of hydrogen-bond donors (Lipinski definition) is 1. The molecule has 6 heteroatoms. The standard InChI is InChI=1S/C15H15Cl2NO2S/c1-15(2,17)11-7-6-10(9-12(11)16)18(14(19)20)13-5-4-8-21(13)3/h4-9H,1-3H3/p+1. The fraction of sp³-hybridized carbons (Fsp3) is 0.267. The molecule has 2 aromatic rings. The van der Waals surface area contributed by atoms with E-state index in [4.69, 9.17) is 23.2 Å². The number of thiophene rings is 1. The predicted octanol–water partition coefficient (Wildman–Crippen LogP) is 5.92. The molecule has 0 saturated carbocycles. The zero-order valence-electron chi connectivity index (χ0n) is 11.9. The lowest BCUT2D eigenvalue weighted by atomic mass is 10.0. The van der Waals surface area contributed by atoms with Crippen LogP contribution in [0.5, 0.6) is 0 Å². The highest BCUT2D eigenvalue weighted by molar-refractivity contribution is 7.31. The second-order valence-corrected chi connectivity index (χ2v) is 8.30. The number of carbonyl (C=O) groups is 1. The van der Waals surface area contributed by atoms with Gasteiger partial charge < -0.3 is 5.11 Å². The van der Waals surface area contributed by atoms with Crippen molar-refractivity contribution in [1.29, 1.82) is 0 Å². The van der Waals surface area contributed by atoms with Gasteiger partial charge >= 0.3 is 6.09 Å². The fourth-order valence-electron chi connectivity index (χ4n) is 2.09. The van der Waals surface area contributed by atoms with Gasteiger partial charge in [0.25, 0.3) is 5.00 Å². The Morgan fingerprint density at radius 3 is 2.43 bits per heavy atom. The van der Waals surface area contributed by atoms with Gasteiger partial charge in [0.2, 0.25) is 0 Å². The van der Waals surface area contributed by atoms with E-state index in [0.717, 1.165) is 10.6 Å². The summed E-state index contributed by atoms with van der Waals surface area (Å²) in [7, 11) is -0.234. The molecule has 0 bridgehead atoms. The first kappa shape index (κ1) is 16.1. The van der Waals surface area contributed by atoms with Crippen LogP contribution in [0, 0.1) is 0 Å². The smallest absolute Gasteiger partial charge is 0.420 e. The van der Waals surface area contributed by atoms with Crippen molar-refractivity contribution in [3.63, 3.8) is 0 Å². The van der Waals surface area contributed by atoms with Crippen LogP contribution in [0.1, 0.15) is 19.4 Å². The molecule has 1 unspecified atom stereocenters. The molecule has 1 N–H and O–H groups in total. The predicted molar refractivity (Wildman–Crippen MR) is 90.4 cm³/mol. The number of halogens is 2. The number of rotatable bonds is 3. The molecule has 0 aliphatic carbocycles. The van der Waals surface area contributed by atoms with Gasteiger partial charge in [-0.05, 0) is 48.1 Å². The van der Waals surface area contributed by atoms with E-state index in [2.05, 4.69) is 0 Å². The lowest BCUT2D eigenvalue weighted by molar-refractivity contribution is 0.205. The van der Waals surface area contributed by atoms with Crippen LogP contribution < -0.4 is 4.90 Å². The van der Waals surface area contributed by atoms with Crippen LogP contribution in [0.4, 0.5) is 15.5 Å². The second-order valence-electron chi connectivity index (χ2n) is 5.15. The average molecular weight is 345 g/mol. The van der Waals surface area contributed by atoms with Crippen LogP contribution in [0.2, 0.25) is 5.02 Å². The third-order valence-corrected chi connectivity index (χ3v) is 5.17. The first-order chi connectivity index (χ1) is 9.71. The lowest BCUT2D eigenvalue weighted by Crippen LogP contribution is -2.23. The molecule has 1 amide bonds. The van der Waals surface area contributed by atoms with Crippen molar-refractivity contribution in [2.45, 2.75) is 18.7 Å². The summed E-state index contributed by atoms with van der Waals surface area (Å²) in [5, 5.41) is 12.7. The molecule has 1 heterocycles. The summed E-state index contributed by atoms with van der Waals surface area (Å²) in [5.74, 6) is 0. The quantitative estimate of drug-likeness (QED) is 0.554. The lowest BCUT2D eigenvalue weighted by Gasteiger charge is -2.21. The van der Waals surface area contributed by atoms with Crippen LogP contribution in [0.15, 0.2) is 35.7 Å². The Morgan fingerprint density at radius 1 is 1.33 bits per heavy atom. The summed E-state index contributed by atoms with van der Waals surface area (Å²) in [4.78, 5) is 12.3. The summed E-state index contributed by atoms with van der Waals surface area (Å²) in [6.45, 7) is 3.69. The van der Waals surface area contributed by atoms with E-state index in [1.165, 1.54) is 4.90 Å². The summed E-state index contributed by atoms with van der Waals surface area (Å²) >= 11 is 12.5. The molecule has 0 radical (unpaired) electrons. The van der Waals surface area contributed by atoms with Gasteiger partial charge in [0.1, 0.15) is 11.6 Å². The minimum absolute atomic E-state index is 0.234. The van der Waals surface area contributed by atoms with Crippen molar-refractivity contribution in [2.24, 2.45) is 6.26 Å². The number of benzene rings is 1. The van der Waals surface area contributed by atoms with Gasteiger partial charge in [-0.3, -0.25) is 0 Å². The Hall–Kier alpha value is -1.23. The minimum atomic E-state index is -1.03. The van der Waals surface area contributed by atoms with E-state index in [0.29, 0.717) is 10.7 Å². The molecule has 21 heavy (non-hydrogen) atoms. The van der Waals surface area contributed by atoms with Gasteiger partial charge in [-0.25, -0.2) is 9.69 Å². The molecular weight excluding hydrogens is 329 g/mol. The molecule has 112 valence electrons. The van der Waals surface area contributed by atoms with Gasteiger partial charge in [0.15, 0.2) is 0 Å². The second kappa shape index (κ2) is 5.87. The number of alkyl halides is 1. The van der Waals surface area contributed by atoms with Crippen molar-refractivity contribution in [3.8, 4) is 0 Å². The number of nitrogens with zero attached hydrogens (tertiary/aromatic N) is 1. The van der Waals surface area contributed by atoms with Crippen LogP contribution in [-0.2, 0) is 11.1 Å². The summed E-state index contributed by atoms with van der Waals surface area (Å²) < 4.78 is 0. The highest BCUT2D eigenvalue weighted by Gasteiger charge is 2.27. The fourth-order valence-corrected chi connectivity index (χ4v) is 3.93. The molecule has 1 atom stereocenters. The van der Waals surface area contributed by atoms with E-state index in [-0.39, 0.29) is 10.5 Å². The molecule has 1 aromatic carbocycles. The largest absolute Gasteiger partial charge is 0.464 e. The van der Waals surface area contributed by atoms with Crippen molar-refractivity contribution in [2.75, 3.05) is 4.90 Å². The van der Waals surface area contributed by atoms with Crippen molar-refractivity contribution >= 4 is 50.5 Å². The monoisotopic (exact) mass is 344 g/mol. The van der Waals surface area contributed by atoms with Gasteiger partial charge in [-0.15, -0.1) is 11.6 Å².